The summed E-state index contributed by atoms with van der Waals surface area (Å²) in [4.78, 5) is 0. The van der Waals surface area contributed by atoms with Crippen LogP contribution in [0.5, 0.6) is 11.5 Å². The first-order valence-corrected chi connectivity index (χ1v) is 7.02. The van der Waals surface area contributed by atoms with Gasteiger partial charge in [-0.1, -0.05) is 6.92 Å². The summed E-state index contributed by atoms with van der Waals surface area (Å²) >= 11 is 1.94. The fourth-order valence-corrected chi connectivity index (χ4v) is 3.43. The number of nitrogens with one attached hydrogen (secondary N) is 1. The van der Waals surface area contributed by atoms with Gasteiger partial charge in [0.15, 0.2) is 0 Å². The van der Waals surface area contributed by atoms with Gasteiger partial charge in [0.05, 0.1) is 14.2 Å². The number of methoxy groups -OCH3 is 2. The summed E-state index contributed by atoms with van der Waals surface area (Å²) in [5.41, 5.74) is 2.54. The number of benzene rings is 1. The Balaban J connectivity index is 2.48. The SMILES string of the molecule is CCNC1CSCc2c(OC)ccc(OC)c21. The molecule has 1 aromatic carbocycles. The van der Waals surface area contributed by atoms with Crippen molar-refractivity contribution in [2.75, 3.05) is 26.5 Å². The van der Waals surface area contributed by atoms with Crippen molar-refractivity contribution in [2.24, 2.45) is 0 Å². The molecule has 2 rings (SSSR count). The second-order valence-electron chi connectivity index (χ2n) is 3.99. The zero-order valence-electron chi connectivity index (χ0n) is 10.6. The van der Waals surface area contributed by atoms with Crippen molar-refractivity contribution in [3.05, 3.63) is 23.3 Å². The lowest BCUT2D eigenvalue weighted by Crippen LogP contribution is -2.27. The number of fused-ring (bicyclic) bond motifs is 1. The minimum atomic E-state index is 0.360. The van der Waals surface area contributed by atoms with E-state index in [0.29, 0.717) is 6.04 Å². The molecule has 0 saturated heterocycles. The van der Waals surface area contributed by atoms with E-state index in [4.69, 9.17) is 9.47 Å². The van der Waals surface area contributed by atoms with Crippen LogP contribution in [0.2, 0.25) is 0 Å². The summed E-state index contributed by atoms with van der Waals surface area (Å²) in [6.45, 7) is 3.09. The van der Waals surface area contributed by atoms with Crippen LogP contribution in [-0.4, -0.2) is 26.5 Å². The number of thioether (sulfide) groups is 1. The predicted octanol–water partition coefficient (Wildman–Crippen LogP) is 2.60. The van der Waals surface area contributed by atoms with Crippen molar-refractivity contribution in [1.29, 1.82) is 0 Å². The average molecular weight is 253 g/mol. The smallest absolute Gasteiger partial charge is 0.124 e. The van der Waals surface area contributed by atoms with E-state index in [-0.39, 0.29) is 0 Å². The highest BCUT2D eigenvalue weighted by molar-refractivity contribution is 7.98. The standard InChI is InChI=1S/C13H19NO2S/c1-4-14-10-8-17-7-9-11(15-2)5-6-12(16-3)13(9)10/h5-6,10,14H,4,7-8H2,1-3H3. The van der Waals surface area contributed by atoms with Gasteiger partial charge >= 0.3 is 0 Å². The molecular weight excluding hydrogens is 234 g/mol. The highest BCUT2D eigenvalue weighted by atomic mass is 32.2. The van der Waals surface area contributed by atoms with Gasteiger partial charge in [0.2, 0.25) is 0 Å². The fraction of sp³-hybridized carbons (Fsp3) is 0.538. The van der Waals surface area contributed by atoms with Crippen molar-refractivity contribution in [2.45, 2.75) is 18.7 Å². The number of ether oxygens (including phenoxy) is 2. The Kier molecular flexibility index (Phi) is 4.18. The number of rotatable bonds is 4. The first-order chi connectivity index (χ1) is 8.31. The molecule has 1 atom stereocenters. The number of hydrogen-bond acceptors (Lipinski definition) is 4. The van der Waals surface area contributed by atoms with Gasteiger partial charge in [0.1, 0.15) is 11.5 Å². The van der Waals surface area contributed by atoms with Crippen LogP contribution in [0, 0.1) is 0 Å². The third kappa shape index (κ3) is 2.38. The van der Waals surface area contributed by atoms with Gasteiger partial charge in [-0.25, -0.2) is 0 Å². The quantitative estimate of drug-likeness (QED) is 0.893. The molecule has 3 nitrogen and oxygen atoms in total. The largest absolute Gasteiger partial charge is 0.496 e. The van der Waals surface area contributed by atoms with Crippen LogP contribution in [-0.2, 0) is 5.75 Å². The van der Waals surface area contributed by atoms with E-state index in [1.54, 1.807) is 14.2 Å². The van der Waals surface area contributed by atoms with Crippen LogP contribution in [0.25, 0.3) is 0 Å². The van der Waals surface area contributed by atoms with Crippen molar-refractivity contribution in [3.8, 4) is 11.5 Å². The zero-order chi connectivity index (χ0) is 12.3. The molecule has 0 aliphatic carbocycles. The topological polar surface area (TPSA) is 30.5 Å². The molecule has 94 valence electrons. The van der Waals surface area contributed by atoms with Gasteiger partial charge < -0.3 is 14.8 Å². The van der Waals surface area contributed by atoms with Crippen LogP contribution >= 0.6 is 11.8 Å². The summed E-state index contributed by atoms with van der Waals surface area (Å²) in [6.07, 6.45) is 0. The third-order valence-corrected chi connectivity index (χ3v) is 4.11. The van der Waals surface area contributed by atoms with Crippen molar-refractivity contribution in [3.63, 3.8) is 0 Å². The highest BCUT2D eigenvalue weighted by Crippen LogP contribution is 2.42. The molecule has 1 heterocycles. The summed E-state index contributed by atoms with van der Waals surface area (Å²) in [6, 6.07) is 4.35. The molecule has 0 radical (unpaired) electrons. The van der Waals surface area contributed by atoms with E-state index in [1.165, 1.54) is 11.1 Å². The fourth-order valence-electron chi connectivity index (χ4n) is 2.29. The first kappa shape index (κ1) is 12.6. The molecular formula is C13H19NO2S. The Morgan fingerprint density at radius 1 is 1.29 bits per heavy atom. The van der Waals surface area contributed by atoms with Crippen LogP contribution < -0.4 is 14.8 Å². The Hall–Kier alpha value is -0.870. The van der Waals surface area contributed by atoms with Crippen molar-refractivity contribution < 1.29 is 9.47 Å². The Bertz CT molecular complexity index is 395. The molecule has 0 aromatic heterocycles. The Labute approximate surface area is 107 Å². The summed E-state index contributed by atoms with van der Waals surface area (Å²) in [7, 11) is 3.45. The van der Waals surface area contributed by atoms with Gasteiger partial charge in [0.25, 0.3) is 0 Å². The average Bonchev–Trinajstić information content (AvgIpc) is 2.38. The van der Waals surface area contributed by atoms with E-state index in [9.17, 15) is 0 Å². The second kappa shape index (κ2) is 5.65. The minimum Gasteiger partial charge on any atom is -0.496 e. The lowest BCUT2D eigenvalue weighted by Gasteiger charge is -2.28. The molecule has 1 aromatic rings. The zero-order valence-corrected chi connectivity index (χ0v) is 11.4. The molecule has 4 heteroatoms. The van der Waals surface area contributed by atoms with Gasteiger partial charge in [-0.3, -0.25) is 0 Å². The van der Waals surface area contributed by atoms with E-state index < -0.39 is 0 Å². The molecule has 17 heavy (non-hydrogen) atoms. The van der Waals surface area contributed by atoms with E-state index in [0.717, 1.165) is 29.5 Å². The van der Waals surface area contributed by atoms with Crippen LogP contribution in [0.4, 0.5) is 0 Å². The summed E-state index contributed by atoms with van der Waals surface area (Å²) < 4.78 is 10.9. The van der Waals surface area contributed by atoms with Gasteiger partial charge in [-0.15, -0.1) is 0 Å². The third-order valence-electron chi connectivity index (χ3n) is 3.04. The lowest BCUT2D eigenvalue weighted by molar-refractivity contribution is 0.389. The van der Waals surface area contributed by atoms with Crippen molar-refractivity contribution in [1.82, 2.24) is 5.32 Å². The predicted molar refractivity (Wildman–Crippen MR) is 72.1 cm³/mol. The molecule has 0 fully saturated rings. The molecule has 0 amide bonds. The van der Waals surface area contributed by atoms with E-state index in [2.05, 4.69) is 12.2 Å². The maximum Gasteiger partial charge on any atom is 0.124 e. The molecule has 1 aliphatic heterocycles. The van der Waals surface area contributed by atoms with Gasteiger partial charge in [0, 0.05) is 28.7 Å². The maximum atomic E-state index is 5.48. The Morgan fingerprint density at radius 2 is 2.00 bits per heavy atom. The van der Waals surface area contributed by atoms with E-state index in [1.807, 2.05) is 23.9 Å². The van der Waals surface area contributed by atoms with Crippen LogP contribution in [0.3, 0.4) is 0 Å². The Morgan fingerprint density at radius 3 is 2.65 bits per heavy atom. The second-order valence-corrected chi connectivity index (χ2v) is 5.02. The highest BCUT2D eigenvalue weighted by Gasteiger charge is 2.26. The molecule has 1 aliphatic rings. The van der Waals surface area contributed by atoms with E-state index >= 15 is 0 Å². The molecule has 1 unspecified atom stereocenters. The molecule has 0 bridgehead atoms. The molecule has 0 saturated carbocycles. The summed E-state index contributed by atoms with van der Waals surface area (Å²) in [5.74, 6) is 4.02. The first-order valence-electron chi connectivity index (χ1n) is 5.86. The number of hydrogen-bond donors (Lipinski definition) is 1. The van der Waals surface area contributed by atoms with Crippen LogP contribution in [0.1, 0.15) is 24.1 Å². The minimum absolute atomic E-state index is 0.360. The molecule has 1 N–H and O–H groups in total. The lowest BCUT2D eigenvalue weighted by atomic mass is 9.99. The van der Waals surface area contributed by atoms with Crippen LogP contribution in [0.15, 0.2) is 12.1 Å². The summed E-state index contributed by atoms with van der Waals surface area (Å²) in [5, 5.41) is 3.51. The monoisotopic (exact) mass is 253 g/mol. The van der Waals surface area contributed by atoms with Gasteiger partial charge in [-0.2, -0.15) is 11.8 Å². The van der Waals surface area contributed by atoms with Gasteiger partial charge in [-0.05, 0) is 18.7 Å². The maximum absolute atomic E-state index is 5.48. The normalized spacial score (nSPS) is 18.6. The molecule has 0 spiro atoms. The van der Waals surface area contributed by atoms with Crippen molar-refractivity contribution >= 4 is 11.8 Å².